The number of anilines is 1. The summed E-state index contributed by atoms with van der Waals surface area (Å²) in [5.41, 5.74) is 2.67. The molecule has 0 bridgehead atoms. The second-order valence-corrected chi connectivity index (χ2v) is 7.26. The van der Waals surface area contributed by atoms with Gasteiger partial charge in [-0.1, -0.05) is 6.07 Å². The highest BCUT2D eigenvalue weighted by atomic mass is 32.1. The number of fused-ring (bicyclic) bond motifs is 1. The van der Waals surface area contributed by atoms with Crippen molar-refractivity contribution in [3.63, 3.8) is 0 Å². The summed E-state index contributed by atoms with van der Waals surface area (Å²) >= 11 is 1.62. The van der Waals surface area contributed by atoms with E-state index in [0.717, 1.165) is 53.1 Å². The summed E-state index contributed by atoms with van der Waals surface area (Å²) in [5, 5.41) is 7.04. The van der Waals surface area contributed by atoms with E-state index in [1.54, 1.807) is 11.3 Å². The highest BCUT2D eigenvalue weighted by Gasteiger charge is 2.29. The van der Waals surface area contributed by atoms with Crippen LogP contribution in [0.5, 0.6) is 0 Å². The number of urea groups is 1. The lowest BCUT2D eigenvalue weighted by Crippen LogP contribution is -2.41. The molecule has 5 nitrogen and oxygen atoms in total. The molecule has 6 heteroatoms. The number of carbonyl (C=O) groups excluding carboxylic acids is 1. The second-order valence-electron chi connectivity index (χ2n) is 6.33. The summed E-state index contributed by atoms with van der Waals surface area (Å²) in [4.78, 5) is 23.8. The lowest BCUT2D eigenvalue weighted by molar-refractivity contribution is 0.163. The van der Waals surface area contributed by atoms with Crippen molar-refractivity contribution in [2.24, 2.45) is 0 Å². The van der Waals surface area contributed by atoms with Crippen LogP contribution in [0.25, 0.3) is 10.9 Å². The predicted octanol–water partition coefficient (Wildman–Crippen LogP) is 4.76. The van der Waals surface area contributed by atoms with Crippen molar-refractivity contribution < 1.29 is 4.79 Å². The standard InChI is InChI=1S/C19H20N4OS/c1-13-8-9-14-15(21-13)5-4-6-16(14)22-19(24)23-11-3-2-7-17(23)18-20-10-12-25-18/h4-6,8-10,12,17H,2-3,7,11H2,1H3,(H,22,24)/t17-/m0/s1. The first-order chi connectivity index (χ1) is 12.2. The van der Waals surface area contributed by atoms with Gasteiger partial charge in [0, 0.05) is 29.2 Å². The lowest BCUT2D eigenvalue weighted by atomic mass is 10.0. The normalized spacial score (nSPS) is 17.6. The van der Waals surface area contributed by atoms with Crippen LogP contribution < -0.4 is 5.32 Å². The number of piperidine rings is 1. The smallest absolute Gasteiger partial charge is 0.315 e. The van der Waals surface area contributed by atoms with E-state index >= 15 is 0 Å². The van der Waals surface area contributed by atoms with E-state index in [-0.39, 0.29) is 12.1 Å². The molecule has 1 aliphatic heterocycles. The Morgan fingerprint density at radius 3 is 3.04 bits per heavy atom. The van der Waals surface area contributed by atoms with Gasteiger partial charge >= 0.3 is 6.03 Å². The van der Waals surface area contributed by atoms with Crippen LogP contribution in [0, 0.1) is 6.92 Å². The number of aryl methyl sites for hydroxylation is 1. The van der Waals surface area contributed by atoms with Crippen molar-refractivity contribution in [3.05, 3.63) is 52.6 Å². The molecule has 0 unspecified atom stereocenters. The molecule has 1 N–H and O–H groups in total. The van der Waals surface area contributed by atoms with Crippen LogP contribution >= 0.6 is 11.3 Å². The minimum atomic E-state index is -0.0621. The number of pyridine rings is 1. The fourth-order valence-electron chi connectivity index (χ4n) is 3.38. The minimum Gasteiger partial charge on any atom is -0.315 e. The lowest BCUT2D eigenvalue weighted by Gasteiger charge is -2.34. The maximum atomic E-state index is 13.0. The molecule has 0 radical (unpaired) electrons. The zero-order valence-electron chi connectivity index (χ0n) is 14.1. The van der Waals surface area contributed by atoms with E-state index in [9.17, 15) is 4.79 Å². The average Bonchev–Trinajstić information content (AvgIpc) is 3.16. The van der Waals surface area contributed by atoms with Crippen molar-refractivity contribution in [1.29, 1.82) is 0 Å². The third-order valence-corrected chi connectivity index (χ3v) is 5.49. The van der Waals surface area contributed by atoms with Gasteiger partial charge in [-0.25, -0.2) is 9.78 Å². The largest absolute Gasteiger partial charge is 0.322 e. The zero-order valence-corrected chi connectivity index (χ0v) is 14.9. The van der Waals surface area contributed by atoms with Crippen LogP contribution in [0.15, 0.2) is 41.9 Å². The highest BCUT2D eigenvalue weighted by Crippen LogP contribution is 2.33. The number of amides is 2. The molecule has 25 heavy (non-hydrogen) atoms. The number of hydrogen-bond donors (Lipinski definition) is 1. The number of nitrogens with zero attached hydrogens (tertiary/aromatic N) is 3. The predicted molar refractivity (Wildman–Crippen MR) is 101 cm³/mol. The van der Waals surface area contributed by atoms with Gasteiger partial charge in [-0.05, 0) is 50.5 Å². The van der Waals surface area contributed by atoms with Crippen molar-refractivity contribution in [3.8, 4) is 0 Å². The maximum Gasteiger partial charge on any atom is 0.322 e. The van der Waals surface area contributed by atoms with Gasteiger partial charge in [0.1, 0.15) is 5.01 Å². The molecule has 2 amide bonds. The fraction of sp³-hybridized carbons (Fsp3) is 0.316. The minimum absolute atomic E-state index is 0.0621. The molecule has 3 aromatic rings. The zero-order chi connectivity index (χ0) is 17.2. The van der Waals surface area contributed by atoms with Crippen LogP contribution in [0.2, 0.25) is 0 Å². The van der Waals surface area contributed by atoms with Crippen molar-refractivity contribution in [1.82, 2.24) is 14.9 Å². The number of aromatic nitrogens is 2. The molecule has 0 saturated carbocycles. The third-order valence-electron chi connectivity index (χ3n) is 4.61. The maximum absolute atomic E-state index is 13.0. The highest BCUT2D eigenvalue weighted by molar-refractivity contribution is 7.09. The Balaban J connectivity index is 1.61. The number of benzene rings is 1. The molecule has 3 heterocycles. The van der Waals surface area contributed by atoms with Gasteiger partial charge in [-0.3, -0.25) is 4.98 Å². The Morgan fingerprint density at radius 2 is 2.20 bits per heavy atom. The first-order valence-corrected chi connectivity index (χ1v) is 9.44. The van der Waals surface area contributed by atoms with Crippen molar-refractivity contribution in [2.75, 3.05) is 11.9 Å². The van der Waals surface area contributed by atoms with Crippen LogP contribution in [-0.2, 0) is 0 Å². The first kappa shape index (κ1) is 16.0. The van der Waals surface area contributed by atoms with Gasteiger partial charge in [0.25, 0.3) is 0 Å². The average molecular weight is 352 g/mol. The quantitative estimate of drug-likeness (QED) is 0.723. The first-order valence-electron chi connectivity index (χ1n) is 8.56. The van der Waals surface area contributed by atoms with E-state index in [1.165, 1.54) is 0 Å². The summed E-state index contributed by atoms with van der Waals surface area (Å²) in [6, 6.07) is 9.83. The molecule has 4 rings (SSSR count). The van der Waals surface area contributed by atoms with Gasteiger partial charge in [-0.15, -0.1) is 11.3 Å². The number of thiazole rings is 1. The van der Waals surface area contributed by atoms with Crippen LogP contribution in [-0.4, -0.2) is 27.4 Å². The van der Waals surface area contributed by atoms with Gasteiger partial charge in [0.2, 0.25) is 0 Å². The number of nitrogens with one attached hydrogen (secondary N) is 1. The third kappa shape index (κ3) is 3.22. The molecule has 1 aliphatic rings. The van der Waals surface area contributed by atoms with E-state index in [2.05, 4.69) is 15.3 Å². The molecular weight excluding hydrogens is 332 g/mol. The molecule has 0 aliphatic carbocycles. The van der Waals surface area contributed by atoms with Gasteiger partial charge in [-0.2, -0.15) is 0 Å². The van der Waals surface area contributed by atoms with E-state index in [0.29, 0.717) is 0 Å². The van der Waals surface area contributed by atoms with Gasteiger partial charge < -0.3 is 10.2 Å². The van der Waals surface area contributed by atoms with E-state index < -0.39 is 0 Å². The molecule has 1 aromatic carbocycles. The fourth-order valence-corrected chi connectivity index (χ4v) is 4.17. The Morgan fingerprint density at radius 1 is 1.28 bits per heavy atom. The van der Waals surface area contributed by atoms with Crippen LogP contribution in [0.1, 0.15) is 36.0 Å². The summed E-state index contributed by atoms with van der Waals surface area (Å²) in [6.45, 7) is 2.73. The molecule has 1 atom stereocenters. The van der Waals surface area contributed by atoms with Gasteiger partial charge in [0.15, 0.2) is 0 Å². The molecule has 1 fully saturated rings. The molecule has 1 saturated heterocycles. The van der Waals surface area contributed by atoms with Crippen LogP contribution in [0.3, 0.4) is 0 Å². The van der Waals surface area contributed by atoms with Gasteiger partial charge in [0.05, 0.1) is 17.2 Å². The number of rotatable bonds is 2. The van der Waals surface area contributed by atoms with E-state index in [1.807, 2.05) is 53.7 Å². The van der Waals surface area contributed by atoms with E-state index in [4.69, 9.17) is 0 Å². The Bertz CT molecular complexity index is 894. The molecule has 0 spiro atoms. The van der Waals surface area contributed by atoms with Crippen molar-refractivity contribution >= 4 is 34.0 Å². The Hall–Kier alpha value is -2.47. The SMILES string of the molecule is Cc1ccc2c(NC(=O)N3CCCC[C@H]3c3nccs3)cccc2n1. The molecular formula is C19H20N4OS. The monoisotopic (exact) mass is 352 g/mol. The number of hydrogen-bond acceptors (Lipinski definition) is 4. The Kier molecular flexibility index (Phi) is 4.36. The summed E-state index contributed by atoms with van der Waals surface area (Å²) in [7, 11) is 0. The number of likely N-dealkylation sites (tertiary alicyclic amines) is 1. The van der Waals surface area contributed by atoms with Crippen molar-refractivity contribution in [2.45, 2.75) is 32.2 Å². The topological polar surface area (TPSA) is 58.1 Å². The summed E-state index contributed by atoms with van der Waals surface area (Å²) in [5.74, 6) is 0. The summed E-state index contributed by atoms with van der Waals surface area (Å²) < 4.78 is 0. The number of carbonyl (C=O) groups is 1. The summed E-state index contributed by atoms with van der Waals surface area (Å²) in [6.07, 6.45) is 4.94. The molecule has 2 aromatic heterocycles. The molecule has 128 valence electrons. The van der Waals surface area contributed by atoms with Crippen LogP contribution in [0.4, 0.5) is 10.5 Å². The Labute approximate surface area is 150 Å². The second kappa shape index (κ2) is 6.80.